The number of amides is 1. The fourth-order valence-electron chi connectivity index (χ4n) is 2.57. The first-order valence-electron chi connectivity index (χ1n) is 7.14. The van der Waals surface area contributed by atoms with Crippen molar-refractivity contribution in [2.45, 2.75) is 50.9 Å². The third-order valence-electron chi connectivity index (χ3n) is 3.39. The van der Waals surface area contributed by atoms with E-state index < -0.39 is 23.3 Å². The summed E-state index contributed by atoms with van der Waals surface area (Å²) < 4.78 is 16.4. The number of likely N-dealkylation sites (tertiary alicyclic amines) is 1. The summed E-state index contributed by atoms with van der Waals surface area (Å²) in [4.78, 5) is 24.4. The Hall–Kier alpha value is -1.34. The average molecular weight is 301 g/mol. The molecule has 21 heavy (non-hydrogen) atoms. The summed E-state index contributed by atoms with van der Waals surface area (Å²) in [6.07, 6.45) is 0.108. The second-order valence-corrected chi connectivity index (χ2v) is 6.69. The Morgan fingerprint density at radius 2 is 2.05 bits per heavy atom. The minimum Gasteiger partial charge on any atom is -0.481 e. The lowest BCUT2D eigenvalue weighted by molar-refractivity contribution is -0.182. The summed E-state index contributed by atoms with van der Waals surface area (Å²) >= 11 is 0. The normalized spacial score (nSPS) is 24.5. The maximum absolute atomic E-state index is 11.9. The molecule has 2 aliphatic rings. The van der Waals surface area contributed by atoms with Gasteiger partial charge in [-0.25, -0.2) is 4.79 Å². The van der Waals surface area contributed by atoms with Crippen LogP contribution in [-0.4, -0.2) is 65.7 Å². The topological polar surface area (TPSA) is 85.3 Å². The molecule has 0 bridgehead atoms. The van der Waals surface area contributed by atoms with Crippen LogP contribution in [0.2, 0.25) is 0 Å². The van der Waals surface area contributed by atoms with E-state index in [9.17, 15) is 9.59 Å². The molecule has 0 radical (unpaired) electrons. The molecule has 0 aromatic rings. The number of nitrogens with zero attached hydrogens (tertiary/aromatic N) is 1. The lowest BCUT2D eigenvalue weighted by atomic mass is 9.90. The van der Waals surface area contributed by atoms with Crippen LogP contribution in [0.25, 0.3) is 0 Å². The standard InChI is InChI=1S/C14H23NO6/c1-13(2,3)21-12(18)15-8-14(9-15,6-11(16)17)20-10-4-5-19-7-10/h10H,4-9H2,1-3H3,(H,16,17). The number of carboxylic acid groups (broad SMARTS) is 1. The Bertz CT molecular complexity index is 404. The molecule has 7 heteroatoms. The number of hydrogen-bond donors (Lipinski definition) is 1. The van der Waals surface area contributed by atoms with E-state index >= 15 is 0 Å². The molecule has 2 aliphatic heterocycles. The van der Waals surface area contributed by atoms with Crippen molar-refractivity contribution in [3.63, 3.8) is 0 Å². The monoisotopic (exact) mass is 301 g/mol. The third-order valence-corrected chi connectivity index (χ3v) is 3.39. The molecule has 120 valence electrons. The van der Waals surface area contributed by atoms with E-state index in [1.54, 1.807) is 20.8 Å². The first kappa shape index (κ1) is 16.0. The predicted molar refractivity (Wildman–Crippen MR) is 73.1 cm³/mol. The van der Waals surface area contributed by atoms with E-state index in [0.29, 0.717) is 13.2 Å². The van der Waals surface area contributed by atoms with Crippen LogP contribution in [0.1, 0.15) is 33.6 Å². The van der Waals surface area contributed by atoms with E-state index in [1.165, 1.54) is 4.90 Å². The number of carboxylic acids is 1. The Morgan fingerprint density at radius 3 is 2.52 bits per heavy atom. The summed E-state index contributed by atoms with van der Waals surface area (Å²) in [5.74, 6) is -0.933. The molecular weight excluding hydrogens is 278 g/mol. The van der Waals surface area contributed by atoms with Crippen molar-refractivity contribution >= 4 is 12.1 Å². The second-order valence-electron chi connectivity index (χ2n) is 6.69. The van der Waals surface area contributed by atoms with E-state index in [4.69, 9.17) is 19.3 Å². The number of carbonyl (C=O) groups excluding carboxylic acids is 1. The lowest BCUT2D eigenvalue weighted by Crippen LogP contribution is -2.66. The van der Waals surface area contributed by atoms with E-state index in [2.05, 4.69) is 0 Å². The molecule has 1 unspecified atom stereocenters. The summed E-state index contributed by atoms with van der Waals surface area (Å²) in [6, 6.07) is 0. The number of aliphatic carboxylic acids is 1. The highest BCUT2D eigenvalue weighted by Crippen LogP contribution is 2.33. The van der Waals surface area contributed by atoms with Crippen LogP contribution in [0, 0.1) is 0 Å². The lowest BCUT2D eigenvalue weighted by Gasteiger charge is -2.49. The average Bonchev–Trinajstić information content (AvgIpc) is 2.74. The summed E-state index contributed by atoms with van der Waals surface area (Å²) in [6.45, 7) is 6.97. The molecule has 1 atom stereocenters. The van der Waals surface area contributed by atoms with Crippen molar-refractivity contribution in [1.82, 2.24) is 4.90 Å². The molecule has 2 rings (SSSR count). The first-order chi connectivity index (χ1) is 9.69. The van der Waals surface area contributed by atoms with Gasteiger partial charge in [0.2, 0.25) is 0 Å². The summed E-state index contributed by atoms with van der Waals surface area (Å²) in [5, 5.41) is 9.05. The molecule has 0 spiro atoms. The quantitative estimate of drug-likeness (QED) is 0.841. The highest BCUT2D eigenvalue weighted by molar-refractivity contribution is 5.72. The molecule has 0 aromatic heterocycles. The van der Waals surface area contributed by atoms with Gasteiger partial charge in [-0.3, -0.25) is 4.79 Å². The van der Waals surface area contributed by atoms with Gasteiger partial charge in [0.15, 0.2) is 0 Å². The van der Waals surface area contributed by atoms with Crippen molar-refractivity contribution in [3.05, 3.63) is 0 Å². The Morgan fingerprint density at radius 1 is 1.38 bits per heavy atom. The van der Waals surface area contributed by atoms with Crippen LogP contribution in [0.3, 0.4) is 0 Å². The molecule has 1 N–H and O–H groups in total. The molecule has 0 aromatic carbocycles. The molecule has 2 fully saturated rings. The molecular formula is C14H23NO6. The fourth-order valence-corrected chi connectivity index (χ4v) is 2.57. The third kappa shape index (κ3) is 4.31. The predicted octanol–water partition coefficient (Wildman–Crippen LogP) is 1.26. The zero-order valence-electron chi connectivity index (χ0n) is 12.8. The Balaban J connectivity index is 1.92. The van der Waals surface area contributed by atoms with E-state index in [1.807, 2.05) is 0 Å². The molecule has 2 heterocycles. The number of carbonyl (C=O) groups is 2. The van der Waals surface area contributed by atoms with Crippen LogP contribution in [0.4, 0.5) is 4.79 Å². The van der Waals surface area contributed by atoms with Crippen molar-refractivity contribution < 1.29 is 28.9 Å². The fraction of sp³-hybridized carbons (Fsp3) is 0.857. The summed E-state index contributed by atoms with van der Waals surface area (Å²) in [7, 11) is 0. The molecule has 0 aliphatic carbocycles. The van der Waals surface area contributed by atoms with Gasteiger partial charge in [-0.1, -0.05) is 0 Å². The zero-order chi connectivity index (χ0) is 15.7. The van der Waals surface area contributed by atoms with Crippen molar-refractivity contribution in [1.29, 1.82) is 0 Å². The minimum absolute atomic E-state index is 0.0925. The number of ether oxygens (including phenoxy) is 3. The number of hydrogen-bond acceptors (Lipinski definition) is 5. The van der Waals surface area contributed by atoms with Gasteiger partial charge in [-0.2, -0.15) is 0 Å². The van der Waals surface area contributed by atoms with Gasteiger partial charge >= 0.3 is 12.1 Å². The van der Waals surface area contributed by atoms with E-state index in [-0.39, 0.29) is 25.6 Å². The van der Waals surface area contributed by atoms with Crippen LogP contribution < -0.4 is 0 Å². The first-order valence-corrected chi connectivity index (χ1v) is 7.14. The number of rotatable bonds is 4. The van der Waals surface area contributed by atoms with Crippen LogP contribution in [0.15, 0.2) is 0 Å². The molecule has 2 saturated heterocycles. The van der Waals surface area contributed by atoms with Gasteiger partial charge in [0.1, 0.15) is 11.2 Å². The Kier molecular flexibility index (Phi) is 4.43. The highest BCUT2D eigenvalue weighted by Gasteiger charge is 2.50. The van der Waals surface area contributed by atoms with Crippen LogP contribution in [0.5, 0.6) is 0 Å². The molecule has 0 saturated carbocycles. The van der Waals surface area contributed by atoms with Gasteiger partial charge < -0.3 is 24.2 Å². The zero-order valence-corrected chi connectivity index (χ0v) is 12.8. The van der Waals surface area contributed by atoms with Crippen LogP contribution in [-0.2, 0) is 19.0 Å². The molecule has 1 amide bonds. The van der Waals surface area contributed by atoms with Crippen molar-refractivity contribution in [2.75, 3.05) is 26.3 Å². The highest BCUT2D eigenvalue weighted by atomic mass is 16.6. The second kappa shape index (κ2) is 5.81. The minimum atomic E-state index is -0.933. The summed E-state index contributed by atoms with van der Waals surface area (Å²) in [5.41, 5.74) is -1.39. The van der Waals surface area contributed by atoms with Gasteiger partial charge in [0, 0.05) is 6.61 Å². The van der Waals surface area contributed by atoms with Gasteiger partial charge in [-0.05, 0) is 27.2 Å². The maximum atomic E-state index is 11.9. The largest absolute Gasteiger partial charge is 0.481 e. The van der Waals surface area contributed by atoms with Gasteiger partial charge in [-0.15, -0.1) is 0 Å². The van der Waals surface area contributed by atoms with Crippen LogP contribution >= 0.6 is 0 Å². The van der Waals surface area contributed by atoms with E-state index in [0.717, 1.165) is 6.42 Å². The maximum Gasteiger partial charge on any atom is 0.410 e. The SMILES string of the molecule is CC(C)(C)OC(=O)N1CC(CC(=O)O)(OC2CCOC2)C1. The molecule has 7 nitrogen and oxygen atoms in total. The van der Waals surface area contributed by atoms with Crippen molar-refractivity contribution in [2.24, 2.45) is 0 Å². The Labute approximate surface area is 124 Å². The van der Waals surface area contributed by atoms with Gasteiger partial charge in [0.05, 0.1) is 32.2 Å². The van der Waals surface area contributed by atoms with Crippen molar-refractivity contribution in [3.8, 4) is 0 Å². The smallest absolute Gasteiger partial charge is 0.410 e. The van der Waals surface area contributed by atoms with Gasteiger partial charge in [0.25, 0.3) is 0 Å².